The summed E-state index contributed by atoms with van der Waals surface area (Å²) in [5.74, 6) is -0.112. The molecule has 0 bridgehead atoms. The third-order valence-electron chi connectivity index (χ3n) is 4.50. The number of aromatic nitrogens is 2. The lowest BCUT2D eigenvalue weighted by Crippen LogP contribution is -2.38. The number of rotatable bonds is 4. The van der Waals surface area contributed by atoms with Crippen LogP contribution in [0.1, 0.15) is 36.8 Å². The van der Waals surface area contributed by atoms with E-state index in [1.165, 1.54) is 13.1 Å². The minimum Gasteiger partial charge on any atom is -0.313 e. The fourth-order valence-electron chi connectivity index (χ4n) is 3.25. The van der Waals surface area contributed by atoms with Crippen LogP contribution in [0.2, 0.25) is 0 Å². The first-order valence-corrected chi connectivity index (χ1v) is 8.82. The average Bonchev–Trinajstić information content (AvgIpc) is 2.88. The summed E-state index contributed by atoms with van der Waals surface area (Å²) < 4.78 is 35.8. The van der Waals surface area contributed by atoms with Gasteiger partial charge in [0.15, 0.2) is 11.1 Å². The average molecular weight is 358 g/mol. The molecule has 1 aliphatic rings. The Labute approximate surface area is 140 Å². The van der Waals surface area contributed by atoms with E-state index in [9.17, 15) is 13.2 Å². The highest BCUT2D eigenvalue weighted by Gasteiger charge is 2.37. The Morgan fingerprint density at radius 2 is 2.39 bits per heavy atom. The van der Waals surface area contributed by atoms with Crippen LogP contribution in [0.5, 0.6) is 0 Å². The number of hydrogen-bond donors (Lipinski definition) is 2. The predicted molar refractivity (Wildman–Crippen MR) is 87.6 cm³/mol. The molecule has 5 nitrogen and oxygen atoms in total. The van der Waals surface area contributed by atoms with Crippen molar-refractivity contribution >= 4 is 33.6 Å². The third kappa shape index (κ3) is 2.98. The summed E-state index contributed by atoms with van der Waals surface area (Å²) in [6.45, 7) is 1.38. The monoisotopic (exact) mass is 357 g/mol. The highest BCUT2D eigenvalue weighted by molar-refractivity contribution is 7.79. The molecule has 23 heavy (non-hydrogen) atoms. The molecule has 0 aliphatic heterocycles. The maximum atomic E-state index is 14.5. The normalized spacial score (nSPS) is 22.6. The molecule has 0 amide bonds. The number of fused-ring (bicyclic) bond motifs is 3. The number of benzene rings is 1. The summed E-state index contributed by atoms with van der Waals surface area (Å²) in [5, 5.41) is 8.60. The van der Waals surface area contributed by atoms with Gasteiger partial charge in [-0.2, -0.15) is 10.2 Å². The van der Waals surface area contributed by atoms with E-state index in [1.807, 2.05) is 0 Å². The van der Waals surface area contributed by atoms with Crippen molar-refractivity contribution in [3.8, 4) is 0 Å². The standard InChI is InChI=1S/C15H17ClFN3O2S/c1-15(17,14(16)18)7-8-2-3-9-11(8)6-12(23(21)22)10-4-5-19-20-13(9)10/h4-6,8,14H,2-3,7,18H2,1H3,(H,21,22). The molecular weight excluding hydrogens is 341 g/mol. The minimum absolute atomic E-state index is 0.112. The van der Waals surface area contributed by atoms with Crippen molar-refractivity contribution in [2.24, 2.45) is 5.73 Å². The van der Waals surface area contributed by atoms with E-state index in [-0.39, 0.29) is 17.2 Å². The summed E-state index contributed by atoms with van der Waals surface area (Å²) in [7, 11) is 0. The van der Waals surface area contributed by atoms with E-state index in [0.717, 1.165) is 24.0 Å². The van der Waals surface area contributed by atoms with Gasteiger partial charge < -0.3 is 10.3 Å². The zero-order valence-corrected chi connectivity index (χ0v) is 14.1. The van der Waals surface area contributed by atoms with E-state index in [4.69, 9.17) is 17.3 Å². The quantitative estimate of drug-likeness (QED) is 0.499. The van der Waals surface area contributed by atoms with Crippen molar-refractivity contribution in [1.29, 1.82) is 0 Å². The second-order valence-corrected chi connectivity index (χ2v) is 7.51. The lowest BCUT2D eigenvalue weighted by Gasteiger charge is -2.26. The van der Waals surface area contributed by atoms with Gasteiger partial charge in [0.05, 0.1) is 16.6 Å². The van der Waals surface area contributed by atoms with Crippen LogP contribution in [0, 0.1) is 0 Å². The van der Waals surface area contributed by atoms with Gasteiger partial charge in [-0.3, -0.25) is 0 Å². The maximum absolute atomic E-state index is 14.5. The van der Waals surface area contributed by atoms with Crippen molar-refractivity contribution in [2.75, 3.05) is 0 Å². The molecule has 4 atom stereocenters. The van der Waals surface area contributed by atoms with Crippen LogP contribution < -0.4 is 5.73 Å². The molecule has 0 radical (unpaired) electrons. The summed E-state index contributed by atoms with van der Waals surface area (Å²) in [5.41, 5.74) is 5.12. The number of aryl methyl sites for hydroxylation is 1. The Bertz CT molecular complexity index is 785. The number of nitrogens with two attached hydrogens (primary N) is 1. The summed E-state index contributed by atoms with van der Waals surface area (Å²) in [6, 6.07) is 3.36. The van der Waals surface area contributed by atoms with Crippen molar-refractivity contribution in [3.05, 3.63) is 29.5 Å². The second kappa shape index (κ2) is 6.05. The zero-order valence-electron chi connectivity index (χ0n) is 12.5. The minimum atomic E-state index is -2.16. The van der Waals surface area contributed by atoms with Crippen LogP contribution in [0.3, 0.4) is 0 Å². The SMILES string of the molecule is CC(F)(CC1CCc2c1cc(S(=O)O)c1ccnnc21)C(N)Cl. The molecule has 2 aromatic rings. The Hall–Kier alpha value is -1.15. The van der Waals surface area contributed by atoms with Gasteiger partial charge >= 0.3 is 0 Å². The van der Waals surface area contributed by atoms with E-state index in [2.05, 4.69) is 10.2 Å². The lowest BCUT2D eigenvalue weighted by molar-refractivity contribution is 0.156. The summed E-state index contributed by atoms with van der Waals surface area (Å²) in [6.07, 6.45) is 3.10. The number of alkyl halides is 2. The van der Waals surface area contributed by atoms with Crippen LogP contribution in [-0.4, -0.2) is 30.1 Å². The molecular formula is C15H17ClFN3O2S. The first-order chi connectivity index (χ1) is 10.8. The number of nitrogens with zero attached hydrogens (tertiary/aromatic N) is 2. The van der Waals surface area contributed by atoms with Gasteiger partial charge in [-0.25, -0.2) is 8.60 Å². The van der Waals surface area contributed by atoms with Crippen molar-refractivity contribution < 1.29 is 13.2 Å². The van der Waals surface area contributed by atoms with Crippen molar-refractivity contribution in [2.45, 2.75) is 48.2 Å². The molecule has 8 heteroatoms. The van der Waals surface area contributed by atoms with E-state index >= 15 is 0 Å². The molecule has 1 heterocycles. The van der Waals surface area contributed by atoms with Gasteiger partial charge in [0.1, 0.15) is 11.2 Å². The van der Waals surface area contributed by atoms with Gasteiger partial charge in [-0.1, -0.05) is 0 Å². The van der Waals surface area contributed by atoms with Crippen molar-refractivity contribution in [1.82, 2.24) is 10.2 Å². The molecule has 124 valence electrons. The molecule has 3 N–H and O–H groups in total. The number of hydrogen-bond acceptors (Lipinski definition) is 4. The first-order valence-electron chi connectivity index (χ1n) is 7.28. The Balaban J connectivity index is 2.11. The largest absolute Gasteiger partial charge is 0.313 e. The second-order valence-electron chi connectivity index (χ2n) is 6.10. The Morgan fingerprint density at radius 3 is 3.04 bits per heavy atom. The van der Waals surface area contributed by atoms with Crippen LogP contribution in [0.25, 0.3) is 10.9 Å². The fraction of sp³-hybridized carbons (Fsp3) is 0.467. The van der Waals surface area contributed by atoms with Gasteiger partial charge in [0, 0.05) is 5.39 Å². The lowest BCUT2D eigenvalue weighted by atomic mass is 9.88. The third-order valence-corrected chi connectivity index (χ3v) is 5.67. The molecule has 4 unspecified atom stereocenters. The summed E-state index contributed by atoms with van der Waals surface area (Å²) >= 11 is 3.59. The molecule has 3 rings (SSSR count). The topological polar surface area (TPSA) is 89.1 Å². The summed E-state index contributed by atoms with van der Waals surface area (Å²) in [4.78, 5) is 0.274. The molecule has 0 spiro atoms. The van der Waals surface area contributed by atoms with Crippen LogP contribution in [0.15, 0.2) is 23.2 Å². The molecule has 1 aromatic carbocycles. The van der Waals surface area contributed by atoms with Crippen molar-refractivity contribution in [3.63, 3.8) is 0 Å². The molecule has 1 aromatic heterocycles. The molecule has 1 aliphatic carbocycles. The van der Waals surface area contributed by atoms with E-state index in [0.29, 0.717) is 10.9 Å². The Morgan fingerprint density at radius 1 is 1.65 bits per heavy atom. The van der Waals surface area contributed by atoms with Gasteiger partial charge in [-0.15, -0.1) is 11.6 Å². The van der Waals surface area contributed by atoms with Gasteiger partial charge in [0.2, 0.25) is 0 Å². The fourth-order valence-corrected chi connectivity index (χ4v) is 3.92. The number of halogens is 2. The van der Waals surface area contributed by atoms with Gasteiger partial charge in [-0.05, 0) is 55.4 Å². The van der Waals surface area contributed by atoms with E-state index < -0.39 is 22.3 Å². The highest BCUT2D eigenvalue weighted by atomic mass is 35.5. The predicted octanol–water partition coefficient (Wildman–Crippen LogP) is 2.88. The first kappa shape index (κ1) is 16.7. The van der Waals surface area contributed by atoms with Gasteiger partial charge in [0.25, 0.3) is 0 Å². The molecule has 0 fully saturated rings. The van der Waals surface area contributed by atoms with Crippen LogP contribution in [-0.2, 0) is 17.5 Å². The molecule has 0 saturated carbocycles. The Kier molecular flexibility index (Phi) is 4.39. The van der Waals surface area contributed by atoms with Crippen LogP contribution in [0.4, 0.5) is 4.39 Å². The molecule has 0 saturated heterocycles. The maximum Gasteiger partial charge on any atom is 0.187 e. The van der Waals surface area contributed by atoms with E-state index in [1.54, 1.807) is 12.1 Å². The smallest absolute Gasteiger partial charge is 0.187 e. The van der Waals surface area contributed by atoms with Crippen LogP contribution >= 0.6 is 11.6 Å². The highest BCUT2D eigenvalue weighted by Crippen LogP contribution is 2.44. The zero-order chi connectivity index (χ0) is 16.8.